The third-order valence-corrected chi connectivity index (χ3v) is 7.16. The van der Waals surface area contributed by atoms with E-state index in [0.29, 0.717) is 32.6 Å². The van der Waals surface area contributed by atoms with Crippen LogP contribution in [0.1, 0.15) is 16.7 Å². The van der Waals surface area contributed by atoms with E-state index in [2.05, 4.69) is 18.2 Å². The highest BCUT2D eigenvalue weighted by molar-refractivity contribution is 7.85. The lowest BCUT2D eigenvalue weighted by Crippen LogP contribution is -2.25. The van der Waals surface area contributed by atoms with Gasteiger partial charge in [0.15, 0.2) is 7.14 Å². The fourth-order valence-electron chi connectivity index (χ4n) is 2.68. The Morgan fingerprint density at radius 1 is 0.500 bits per heavy atom. The van der Waals surface area contributed by atoms with Gasteiger partial charge in [-0.2, -0.15) is 15.8 Å². The van der Waals surface area contributed by atoms with Crippen LogP contribution in [0.25, 0.3) is 0 Å². The molecule has 0 saturated carbocycles. The number of nitrogens with zero attached hydrogens (tertiary/aromatic N) is 3. The SMILES string of the molecule is N#Cc1ccc(P(=O)(c2ccc(C#N)cc2)c2ccc(C#N)cc2)cc1. The van der Waals surface area contributed by atoms with Crippen molar-refractivity contribution in [3.05, 3.63) is 89.5 Å². The molecule has 0 bridgehead atoms. The minimum Gasteiger partial charge on any atom is -0.309 e. The van der Waals surface area contributed by atoms with Crippen LogP contribution >= 0.6 is 7.14 Å². The van der Waals surface area contributed by atoms with Gasteiger partial charge in [0.1, 0.15) is 0 Å². The van der Waals surface area contributed by atoms with Crippen molar-refractivity contribution in [3.63, 3.8) is 0 Å². The summed E-state index contributed by atoms with van der Waals surface area (Å²) in [6.07, 6.45) is 0. The molecule has 0 aliphatic rings. The summed E-state index contributed by atoms with van der Waals surface area (Å²) in [7, 11) is -3.20. The number of nitriles is 3. The third kappa shape index (κ3) is 3.01. The molecule has 5 heteroatoms. The molecule has 122 valence electrons. The Hall–Kier alpha value is -3.64. The molecule has 4 nitrogen and oxygen atoms in total. The molecule has 0 aliphatic carbocycles. The van der Waals surface area contributed by atoms with Crippen molar-refractivity contribution in [1.29, 1.82) is 15.8 Å². The van der Waals surface area contributed by atoms with E-state index in [1.165, 1.54) is 0 Å². The van der Waals surface area contributed by atoms with Crippen LogP contribution in [-0.2, 0) is 4.57 Å². The van der Waals surface area contributed by atoms with Crippen LogP contribution in [0.15, 0.2) is 72.8 Å². The summed E-state index contributed by atoms with van der Waals surface area (Å²) in [6.45, 7) is 0. The zero-order valence-corrected chi connectivity index (χ0v) is 14.5. The molecular formula is C21H12N3OP. The van der Waals surface area contributed by atoms with Crippen molar-refractivity contribution >= 4 is 23.1 Å². The standard InChI is InChI=1S/C21H12N3OP/c22-13-16-1-7-19(8-2-16)26(25,20-9-3-17(14-23)4-10-20)21-11-5-18(15-24)6-12-21/h1-12H. The second-order valence-electron chi connectivity index (χ2n) is 5.59. The molecule has 0 heterocycles. The Kier molecular flexibility index (Phi) is 4.68. The highest BCUT2D eigenvalue weighted by Crippen LogP contribution is 2.42. The maximum atomic E-state index is 14.2. The van der Waals surface area contributed by atoms with E-state index in [4.69, 9.17) is 15.8 Å². The van der Waals surface area contributed by atoms with E-state index < -0.39 is 7.14 Å². The van der Waals surface area contributed by atoms with Gasteiger partial charge >= 0.3 is 0 Å². The van der Waals surface area contributed by atoms with Gasteiger partial charge in [-0.1, -0.05) is 0 Å². The smallest absolute Gasteiger partial charge is 0.171 e. The van der Waals surface area contributed by atoms with Crippen LogP contribution in [0.2, 0.25) is 0 Å². The molecule has 0 spiro atoms. The van der Waals surface area contributed by atoms with Gasteiger partial charge in [-0.25, -0.2) is 0 Å². The van der Waals surface area contributed by atoms with Gasteiger partial charge in [-0.15, -0.1) is 0 Å². The first-order valence-corrected chi connectivity index (χ1v) is 9.45. The molecule has 3 aromatic carbocycles. The van der Waals surface area contributed by atoms with Gasteiger partial charge < -0.3 is 4.57 Å². The van der Waals surface area contributed by atoms with Gasteiger partial charge in [0.25, 0.3) is 0 Å². The molecular weight excluding hydrogens is 341 g/mol. The van der Waals surface area contributed by atoms with Crippen LogP contribution < -0.4 is 15.9 Å². The first-order chi connectivity index (χ1) is 12.6. The molecule has 3 aromatic rings. The molecule has 0 aromatic heterocycles. The molecule has 0 atom stereocenters. The number of rotatable bonds is 3. The molecule has 0 N–H and O–H groups in total. The highest BCUT2D eigenvalue weighted by Gasteiger charge is 2.29. The largest absolute Gasteiger partial charge is 0.309 e. The summed E-state index contributed by atoms with van der Waals surface area (Å²) in [5.41, 5.74) is 1.46. The zero-order chi connectivity index (χ0) is 18.6. The van der Waals surface area contributed by atoms with Crippen LogP contribution in [0.5, 0.6) is 0 Å². The van der Waals surface area contributed by atoms with Crippen molar-refractivity contribution in [2.45, 2.75) is 0 Å². The average Bonchev–Trinajstić information content (AvgIpc) is 2.73. The maximum Gasteiger partial charge on any atom is 0.171 e. The molecule has 3 rings (SSSR count). The summed E-state index contributed by atoms with van der Waals surface area (Å²) in [5, 5.41) is 28.8. The summed E-state index contributed by atoms with van der Waals surface area (Å²) >= 11 is 0. The van der Waals surface area contributed by atoms with Crippen molar-refractivity contribution in [2.24, 2.45) is 0 Å². The summed E-state index contributed by atoms with van der Waals surface area (Å²) in [5.74, 6) is 0. The monoisotopic (exact) mass is 353 g/mol. The van der Waals surface area contributed by atoms with Crippen LogP contribution in [0, 0.1) is 34.0 Å². The lowest BCUT2D eigenvalue weighted by molar-refractivity contribution is 0.592. The number of benzene rings is 3. The number of hydrogen-bond donors (Lipinski definition) is 0. The van der Waals surface area contributed by atoms with E-state index in [1.54, 1.807) is 72.8 Å². The fourth-order valence-corrected chi connectivity index (χ4v) is 5.29. The quantitative estimate of drug-likeness (QED) is 0.677. The maximum absolute atomic E-state index is 14.2. The molecule has 0 aliphatic heterocycles. The van der Waals surface area contributed by atoms with E-state index in [-0.39, 0.29) is 0 Å². The topological polar surface area (TPSA) is 88.4 Å². The van der Waals surface area contributed by atoms with Crippen LogP contribution in [-0.4, -0.2) is 0 Å². The second kappa shape index (κ2) is 7.08. The Morgan fingerprint density at radius 3 is 0.923 bits per heavy atom. The lowest BCUT2D eigenvalue weighted by atomic mass is 10.2. The first kappa shape index (κ1) is 17.2. The van der Waals surface area contributed by atoms with E-state index >= 15 is 0 Å². The van der Waals surface area contributed by atoms with Crippen molar-refractivity contribution in [3.8, 4) is 18.2 Å². The first-order valence-electron chi connectivity index (χ1n) is 7.74. The molecule has 0 fully saturated rings. The molecule has 0 amide bonds. The van der Waals surface area contributed by atoms with Gasteiger partial charge in [-0.05, 0) is 72.8 Å². The summed E-state index contributed by atoms with van der Waals surface area (Å²) < 4.78 is 14.2. The predicted octanol–water partition coefficient (Wildman–Crippen LogP) is 2.94. The minimum atomic E-state index is -3.20. The van der Waals surface area contributed by atoms with Crippen molar-refractivity contribution in [2.75, 3.05) is 0 Å². The third-order valence-electron chi connectivity index (χ3n) is 4.08. The fraction of sp³-hybridized carbons (Fsp3) is 0. The molecule has 0 unspecified atom stereocenters. The predicted molar refractivity (Wildman–Crippen MR) is 100.0 cm³/mol. The van der Waals surface area contributed by atoms with Crippen molar-refractivity contribution < 1.29 is 4.57 Å². The molecule has 26 heavy (non-hydrogen) atoms. The van der Waals surface area contributed by atoms with Gasteiger partial charge in [0.05, 0.1) is 34.9 Å². The van der Waals surface area contributed by atoms with E-state index in [1.807, 2.05) is 0 Å². The van der Waals surface area contributed by atoms with Gasteiger partial charge in [0.2, 0.25) is 0 Å². The molecule has 0 radical (unpaired) electrons. The second-order valence-corrected chi connectivity index (χ2v) is 8.35. The Bertz CT molecular complexity index is 965. The van der Waals surface area contributed by atoms with Gasteiger partial charge in [-0.3, -0.25) is 0 Å². The number of hydrogen-bond acceptors (Lipinski definition) is 4. The van der Waals surface area contributed by atoms with E-state index in [9.17, 15) is 4.57 Å². The van der Waals surface area contributed by atoms with Crippen LogP contribution in [0.4, 0.5) is 0 Å². The Morgan fingerprint density at radius 2 is 0.731 bits per heavy atom. The van der Waals surface area contributed by atoms with Gasteiger partial charge in [0, 0.05) is 15.9 Å². The Labute approximate surface area is 151 Å². The average molecular weight is 353 g/mol. The highest BCUT2D eigenvalue weighted by atomic mass is 31.2. The summed E-state index contributed by atoms with van der Waals surface area (Å²) in [4.78, 5) is 0. The lowest BCUT2D eigenvalue weighted by Gasteiger charge is -2.20. The normalized spacial score (nSPS) is 10.3. The summed E-state index contributed by atoms with van der Waals surface area (Å²) in [6, 6.07) is 26.1. The Balaban J connectivity index is 2.22. The van der Waals surface area contributed by atoms with Crippen LogP contribution in [0.3, 0.4) is 0 Å². The minimum absolute atomic E-state index is 0.486. The zero-order valence-electron chi connectivity index (χ0n) is 13.6. The van der Waals surface area contributed by atoms with E-state index in [0.717, 1.165) is 0 Å². The van der Waals surface area contributed by atoms with Crippen molar-refractivity contribution in [1.82, 2.24) is 0 Å². The molecule has 0 saturated heterocycles.